The SMILES string of the molecule is Cc1ccc2c(-c3cccc4c3SC3C=CC=CC43)c3ccccc3c(-c3cccc(CCCCCCCCS)c3)c2c1. The van der Waals surface area contributed by atoms with Gasteiger partial charge in [0.2, 0.25) is 0 Å². The Balaban J connectivity index is 1.34. The van der Waals surface area contributed by atoms with Crippen LogP contribution in [0.15, 0.2) is 114 Å². The molecule has 216 valence electrons. The molecule has 0 fully saturated rings. The summed E-state index contributed by atoms with van der Waals surface area (Å²) < 4.78 is 0. The lowest BCUT2D eigenvalue weighted by Crippen LogP contribution is -2.06. The van der Waals surface area contributed by atoms with Gasteiger partial charge in [-0.2, -0.15) is 12.6 Å². The van der Waals surface area contributed by atoms with E-state index in [1.54, 1.807) is 0 Å². The van der Waals surface area contributed by atoms with Crippen molar-refractivity contribution in [1.82, 2.24) is 0 Å². The van der Waals surface area contributed by atoms with Crippen LogP contribution in [-0.2, 0) is 6.42 Å². The molecule has 0 spiro atoms. The van der Waals surface area contributed by atoms with E-state index >= 15 is 0 Å². The number of thiol groups is 1. The third-order valence-corrected chi connectivity index (χ3v) is 11.0. The number of hydrogen-bond acceptors (Lipinski definition) is 2. The molecule has 2 atom stereocenters. The van der Waals surface area contributed by atoms with E-state index in [1.807, 2.05) is 11.8 Å². The van der Waals surface area contributed by atoms with Crippen LogP contribution >= 0.6 is 24.4 Å². The molecule has 2 heteroatoms. The van der Waals surface area contributed by atoms with Gasteiger partial charge in [-0.3, -0.25) is 0 Å². The van der Waals surface area contributed by atoms with Crippen molar-refractivity contribution in [1.29, 1.82) is 0 Å². The molecule has 0 amide bonds. The van der Waals surface area contributed by atoms with Crippen molar-refractivity contribution in [3.8, 4) is 22.3 Å². The molecule has 0 saturated carbocycles. The average Bonchev–Trinajstić information content (AvgIpc) is 3.42. The quantitative estimate of drug-likeness (QED) is 0.0950. The van der Waals surface area contributed by atoms with E-state index in [0.717, 1.165) is 12.2 Å². The Kier molecular flexibility index (Phi) is 8.51. The molecule has 2 aliphatic rings. The smallest absolute Gasteiger partial charge is 0.0381 e. The average molecular weight is 597 g/mol. The van der Waals surface area contributed by atoms with E-state index in [2.05, 4.69) is 129 Å². The Morgan fingerprint density at radius 3 is 2.26 bits per heavy atom. The number of rotatable bonds is 10. The minimum Gasteiger partial charge on any atom is -0.179 e. The minimum absolute atomic E-state index is 0.458. The van der Waals surface area contributed by atoms with Crippen LogP contribution in [0.3, 0.4) is 0 Å². The molecular formula is C41H40S2. The second kappa shape index (κ2) is 12.8. The number of aryl methyl sites for hydroxylation is 2. The zero-order valence-electron chi connectivity index (χ0n) is 25.1. The Hall–Kier alpha value is -3.20. The largest absolute Gasteiger partial charge is 0.179 e. The van der Waals surface area contributed by atoms with E-state index in [9.17, 15) is 0 Å². The number of thioether (sulfide) groups is 1. The first-order valence-electron chi connectivity index (χ1n) is 16.0. The van der Waals surface area contributed by atoms with Crippen molar-refractivity contribution >= 4 is 45.9 Å². The number of unbranched alkanes of at least 4 members (excludes halogenated alkanes) is 5. The second-order valence-electron chi connectivity index (χ2n) is 12.2. The van der Waals surface area contributed by atoms with Crippen molar-refractivity contribution < 1.29 is 0 Å². The maximum Gasteiger partial charge on any atom is 0.0381 e. The minimum atomic E-state index is 0.458. The number of allylic oxidation sites excluding steroid dienone is 3. The molecule has 7 rings (SSSR count). The van der Waals surface area contributed by atoms with E-state index in [4.69, 9.17) is 0 Å². The Bertz CT molecular complexity index is 1840. The molecule has 0 bridgehead atoms. The molecule has 43 heavy (non-hydrogen) atoms. The number of fused-ring (bicyclic) bond motifs is 5. The lowest BCUT2D eigenvalue weighted by Gasteiger charge is -2.20. The van der Waals surface area contributed by atoms with Gasteiger partial charge in [0.1, 0.15) is 0 Å². The fourth-order valence-corrected chi connectivity index (χ4v) is 8.87. The molecule has 5 aromatic carbocycles. The maximum atomic E-state index is 4.35. The summed E-state index contributed by atoms with van der Waals surface area (Å²) >= 11 is 6.39. The number of hydrogen-bond donors (Lipinski definition) is 1. The fourth-order valence-electron chi connectivity index (χ4n) is 7.19. The van der Waals surface area contributed by atoms with Crippen LogP contribution in [0, 0.1) is 6.92 Å². The maximum absolute atomic E-state index is 4.35. The first kappa shape index (κ1) is 28.6. The van der Waals surface area contributed by atoms with Gasteiger partial charge >= 0.3 is 0 Å². The van der Waals surface area contributed by atoms with Crippen LogP contribution in [0.5, 0.6) is 0 Å². The zero-order chi connectivity index (χ0) is 29.2. The van der Waals surface area contributed by atoms with Gasteiger partial charge in [0.15, 0.2) is 0 Å². The summed E-state index contributed by atoms with van der Waals surface area (Å²) in [7, 11) is 0. The van der Waals surface area contributed by atoms with Crippen LogP contribution in [0.1, 0.15) is 61.1 Å². The van der Waals surface area contributed by atoms with Gasteiger partial charge < -0.3 is 0 Å². The predicted molar refractivity (Wildman–Crippen MR) is 193 cm³/mol. The standard InChI is InChI=1S/C41H40S2/c1-28-23-24-34-37(26-28)39(30-16-12-15-29(27-30)14-6-4-2-3-5-11-25-42)32-18-7-8-19-33(32)40(34)36-21-13-20-35-31-17-9-10-22-38(31)43-41(35)36/h7-10,12-13,15-24,26-27,31,38,42H,2-6,11,14,25H2,1H3. The summed E-state index contributed by atoms with van der Waals surface area (Å²) in [6, 6.07) is 32.5. The molecule has 0 aromatic heterocycles. The highest BCUT2D eigenvalue weighted by atomic mass is 32.2. The highest BCUT2D eigenvalue weighted by Gasteiger charge is 2.33. The van der Waals surface area contributed by atoms with Crippen molar-refractivity contribution in [3.05, 3.63) is 126 Å². The molecular weight excluding hydrogens is 557 g/mol. The summed E-state index contributed by atoms with van der Waals surface area (Å²) in [5.41, 5.74) is 9.67. The Labute approximate surface area is 266 Å². The van der Waals surface area contributed by atoms with Gasteiger partial charge in [-0.05, 0) is 86.9 Å². The van der Waals surface area contributed by atoms with Crippen molar-refractivity contribution in [2.75, 3.05) is 5.75 Å². The summed E-state index contributed by atoms with van der Waals surface area (Å²) in [5, 5.41) is 5.87. The van der Waals surface area contributed by atoms with Crippen molar-refractivity contribution in [2.45, 2.75) is 67.9 Å². The van der Waals surface area contributed by atoms with Gasteiger partial charge in [-0.15, -0.1) is 11.8 Å². The zero-order valence-corrected chi connectivity index (χ0v) is 26.8. The highest BCUT2D eigenvalue weighted by molar-refractivity contribution is 8.00. The van der Waals surface area contributed by atoms with Gasteiger partial charge in [-0.1, -0.05) is 140 Å². The first-order chi connectivity index (χ1) is 21.2. The van der Waals surface area contributed by atoms with E-state index < -0.39 is 0 Å². The van der Waals surface area contributed by atoms with Gasteiger partial charge in [0, 0.05) is 16.1 Å². The summed E-state index contributed by atoms with van der Waals surface area (Å²) in [6.45, 7) is 2.23. The molecule has 1 heterocycles. The Morgan fingerprint density at radius 2 is 1.40 bits per heavy atom. The van der Waals surface area contributed by atoms with E-state index in [1.165, 1.54) is 104 Å². The molecule has 1 aliphatic heterocycles. The second-order valence-corrected chi connectivity index (χ2v) is 13.9. The molecule has 1 aliphatic carbocycles. The first-order valence-corrected chi connectivity index (χ1v) is 17.5. The van der Waals surface area contributed by atoms with Crippen LogP contribution in [-0.4, -0.2) is 11.0 Å². The van der Waals surface area contributed by atoms with Crippen molar-refractivity contribution in [3.63, 3.8) is 0 Å². The Morgan fingerprint density at radius 1 is 0.651 bits per heavy atom. The number of benzene rings is 5. The summed E-state index contributed by atoms with van der Waals surface area (Å²) in [6.07, 6.45) is 18.1. The molecule has 0 nitrogen and oxygen atoms in total. The van der Waals surface area contributed by atoms with Crippen LogP contribution in [0.25, 0.3) is 43.8 Å². The van der Waals surface area contributed by atoms with Gasteiger partial charge in [-0.25, -0.2) is 0 Å². The molecule has 0 radical (unpaired) electrons. The summed E-state index contributed by atoms with van der Waals surface area (Å²) in [4.78, 5) is 1.45. The van der Waals surface area contributed by atoms with Gasteiger partial charge in [0.25, 0.3) is 0 Å². The normalized spacial score (nSPS) is 17.1. The van der Waals surface area contributed by atoms with Crippen LogP contribution in [0.4, 0.5) is 0 Å². The van der Waals surface area contributed by atoms with Crippen LogP contribution < -0.4 is 0 Å². The molecule has 5 aromatic rings. The van der Waals surface area contributed by atoms with Crippen molar-refractivity contribution in [2.24, 2.45) is 0 Å². The van der Waals surface area contributed by atoms with Crippen LogP contribution in [0.2, 0.25) is 0 Å². The predicted octanol–water partition coefficient (Wildman–Crippen LogP) is 12.1. The van der Waals surface area contributed by atoms with E-state index in [-0.39, 0.29) is 0 Å². The monoisotopic (exact) mass is 596 g/mol. The highest BCUT2D eigenvalue weighted by Crippen LogP contribution is 2.54. The lowest BCUT2D eigenvalue weighted by molar-refractivity contribution is 0.609. The van der Waals surface area contributed by atoms with E-state index in [0.29, 0.717) is 11.2 Å². The molecule has 2 unspecified atom stereocenters. The third kappa shape index (κ3) is 5.61. The third-order valence-electron chi connectivity index (χ3n) is 9.28. The molecule has 0 N–H and O–H groups in total. The summed E-state index contributed by atoms with van der Waals surface area (Å²) in [5.74, 6) is 1.47. The topological polar surface area (TPSA) is 0 Å². The molecule has 0 saturated heterocycles. The lowest BCUT2D eigenvalue weighted by atomic mass is 9.83. The van der Waals surface area contributed by atoms with Gasteiger partial charge in [0.05, 0.1) is 0 Å². The fraction of sp³-hybridized carbons (Fsp3) is 0.268.